The second kappa shape index (κ2) is 9.42. The van der Waals surface area contributed by atoms with Crippen molar-refractivity contribution in [1.82, 2.24) is 0 Å². The van der Waals surface area contributed by atoms with Gasteiger partial charge in [0.15, 0.2) is 6.61 Å². The number of methoxy groups -OCH3 is 1. The lowest BCUT2D eigenvalue weighted by molar-refractivity contribution is -0.151. The highest BCUT2D eigenvalue weighted by Gasteiger charge is 2.37. The fourth-order valence-electron chi connectivity index (χ4n) is 3.57. The highest BCUT2D eigenvalue weighted by atomic mass is 16.5. The quantitative estimate of drug-likeness (QED) is 0.716. The smallest absolute Gasteiger partial charge is 0.337 e. The Kier molecular flexibility index (Phi) is 6.69. The van der Waals surface area contributed by atoms with Crippen LogP contribution in [0.1, 0.15) is 27.9 Å². The lowest BCUT2D eigenvalue weighted by Gasteiger charge is -2.21. The van der Waals surface area contributed by atoms with Crippen LogP contribution in [0.5, 0.6) is 0 Å². The molecule has 0 aromatic heterocycles. The molecule has 2 aromatic carbocycles. The third-order valence-electron chi connectivity index (χ3n) is 5.10. The van der Waals surface area contributed by atoms with Crippen LogP contribution in [-0.2, 0) is 23.9 Å². The number of aryl methyl sites for hydroxylation is 2. The summed E-state index contributed by atoms with van der Waals surface area (Å²) in [4.78, 5) is 50.0. The van der Waals surface area contributed by atoms with Gasteiger partial charge in [0.2, 0.25) is 5.91 Å². The van der Waals surface area contributed by atoms with Gasteiger partial charge in [0, 0.05) is 24.3 Å². The Bertz CT molecular complexity index is 995. The van der Waals surface area contributed by atoms with Crippen molar-refractivity contribution in [3.63, 3.8) is 0 Å². The number of carbonyl (C=O) groups is 4. The fourth-order valence-corrected chi connectivity index (χ4v) is 3.57. The van der Waals surface area contributed by atoms with E-state index >= 15 is 0 Å². The van der Waals surface area contributed by atoms with Gasteiger partial charge in [-0.15, -0.1) is 0 Å². The van der Waals surface area contributed by atoms with E-state index in [0.717, 1.165) is 16.8 Å². The van der Waals surface area contributed by atoms with Gasteiger partial charge < -0.3 is 19.7 Å². The summed E-state index contributed by atoms with van der Waals surface area (Å²) < 4.78 is 9.74. The monoisotopic (exact) mass is 424 g/mol. The Morgan fingerprint density at radius 3 is 2.32 bits per heavy atom. The first-order valence-electron chi connectivity index (χ1n) is 9.81. The SMILES string of the molecule is COC(=O)c1ccc(NC(=O)COC(=O)[C@H]2CC(=O)N(c3c(C)cccc3C)C2)cc1. The summed E-state index contributed by atoms with van der Waals surface area (Å²) in [5.41, 5.74) is 3.54. The molecular formula is C23H24N2O6. The Labute approximate surface area is 180 Å². The van der Waals surface area contributed by atoms with Crippen LogP contribution in [0.4, 0.5) is 11.4 Å². The largest absolute Gasteiger partial charge is 0.465 e. The van der Waals surface area contributed by atoms with Crippen molar-refractivity contribution in [3.8, 4) is 0 Å². The molecule has 8 heteroatoms. The van der Waals surface area contributed by atoms with Crippen molar-refractivity contribution in [3.05, 3.63) is 59.2 Å². The number of amides is 2. The van der Waals surface area contributed by atoms with Gasteiger partial charge in [-0.05, 0) is 49.2 Å². The van der Waals surface area contributed by atoms with Gasteiger partial charge in [-0.3, -0.25) is 14.4 Å². The maximum absolute atomic E-state index is 12.5. The van der Waals surface area contributed by atoms with E-state index in [4.69, 9.17) is 4.74 Å². The number of carbonyl (C=O) groups excluding carboxylic acids is 4. The van der Waals surface area contributed by atoms with Gasteiger partial charge in [-0.25, -0.2) is 4.79 Å². The van der Waals surface area contributed by atoms with Gasteiger partial charge in [0.25, 0.3) is 5.91 Å². The molecule has 162 valence electrons. The zero-order valence-corrected chi connectivity index (χ0v) is 17.6. The van der Waals surface area contributed by atoms with Crippen LogP contribution in [0, 0.1) is 19.8 Å². The molecule has 2 aromatic rings. The molecule has 1 aliphatic rings. The van der Waals surface area contributed by atoms with Gasteiger partial charge in [0.1, 0.15) is 0 Å². The first-order chi connectivity index (χ1) is 14.8. The lowest BCUT2D eigenvalue weighted by Crippen LogP contribution is -2.29. The average Bonchev–Trinajstić information content (AvgIpc) is 3.13. The van der Waals surface area contributed by atoms with Crippen molar-refractivity contribution in [2.24, 2.45) is 5.92 Å². The van der Waals surface area contributed by atoms with Crippen LogP contribution in [0.15, 0.2) is 42.5 Å². The molecule has 1 atom stereocenters. The maximum atomic E-state index is 12.5. The molecule has 2 amide bonds. The minimum Gasteiger partial charge on any atom is -0.465 e. The Hall–Kier alpha value is -3.68. The molecule has 8 nitrogen and oxygen atoms in total. The van der Waals surface area contributed by atoms with Gasteiger partial charge in [-0.2, -0.15) is 0 Å². The summed E-state index contributed by atoms with van der Waals surface area (Å²) in [5, 5.41) is 2.58. The summed E-state index contributed by atoms with van der Waals surface area (Å²) >= 11 is 0. The maximum Gasteiger partial charge on any atom is 0.337 e. The number of para-hydroxylation sites is 1. The fraction of sp³-hybridized carbons (Fsp3) is 0.304. The van der Waals surface area contributed by atoms with Gasteiger partial charge >= 0.3 is 11.9 Å². The number of nitrogens with one attached hydrogen (secondary N) is 1. The minimum absolute atomic E-state index is 0.0449. The summed E-state index contributed by atoms with van der Waals surface area (Å²) in [6.07, 6.45) is 0.0449. The van der Waals surface area contributed by atoms with E-state index in [9.17, 15) is 19.2 Å². The molecule has 0 saturated carbocycles. The van der Waals surface area contributed by atoms with E-state index < -0.39 is 30.4 Å². The molecule has 1 fully saturated rings. The molecule has 31 heavy (non-hydrogen) atoms. The number of anilines is 2. The number of nitrogens with zero attached hydrogens (tertiary/aromatic N) is 1. The van der Waals surface area contributed by atoms with Crippen LogP contribution in [0.3, 0.4) is 0 Å². The highest BCUT2D eigenvalue weighted by molar-refractivity contribution is 6.01. The summed E-state index contributed by atoms with van der Waals surface area (Å²) in [7, 11) is 1.28. The number of benzene rings is 2. The minimum atomic E-state index is -0.626. The zero-order chi connectivity index (χ0) is 22.5. The van der Waals surface area contributed by atoms with Crippen LogP contribution in [0.2, 0.25) is 0 Å². The molecule has 1 saturated heterocycles. The Balaban J connectivity index is 1.53. The Morgan fingerprint density at radius 1 is 1.06 bits per heavy atom. The molecule has 3 rings (SSSR count). The summed E-state index contributed by atoms with van der Waals surface area (Å²) in [6.45, 7) is 3.60. The van der Waals surface area contributed by atoms with Gasteiger partial charge in [0.05, 0.1) is 18.6 Å². The van der Waals surface area contributed by atoms with Crippen molar-refractivity contribution in [1.29, 1.82) is 0 Å². The molecule has 1 aliphatic heterocycles. The third kappa shape index (κ3) is 5.09. The van der Waals surface area contributed by atoms with E-state index in [1.165, 1.54) is 19.2 Å². The summed E-state index contributed by atoms with van der Waals surface area (Å²) in [5.74, 6) is -2.35. The third-order valence-corrected chi connectivity index (χ3v) is 5.10. The molecule has 0 spiro atoms. The predicted molar refractivity (Wildman–Crippen MR) is 114 cm³/mol. The first-order valence-corrected chi connectivity index (χ1v) is 9.81. The summed E-state index contributed by atoms with van der Waals surface area (Å²) in [6, 6.07) is 11.9. The number of hydrogen-bond acceptors (Lipinski definition) is 6. The van der Waals surface area contributed by atoms with Crippen molar-refractivity contribution < 1.29 is 28.7 Å². The van der Waals surface area contributed by atoms with Crippen LogP contribution in [0.25, 0.3) is 0 Å². The van der Waals surface area contributed by atoms with Crippen LogP contribution in [-0.4, -0.2) is 44.0 Å². The molecule has 0 bridgehead atoms. The number of ether oxygens (including phenoxy) is 2. The van der Waals surface area contributed by atoms with Crippen molar-refractivity contribution in [2.75, 3.05) is 30.5 Å². The normalized spacial score (nSPS) is 15.5. The van der Waals surface area contributed by atoms with Crippen LogP contribution >= 0.6 is 0 Å². The zero-order valence-electron chi connectivity index (χ0n) is 17.6. The van der Waals surface area contributed by atoms with E-state index in [1.54, 1.807) is 17.0 Å². The molecule has 1 heterocycles. The number of esters is 2. The predicted octanol–water partition coefficient (Wildman–Crippen LogP) is 2.62. The Morgan fingerprint density at radius 2 is 1.71 bits per heavy atom. The molecular weight excluding hydrogens is 400 g/mol. The van der Waals surface area contributed by atoms with Gasteiger partial charge in [-0.1, -0.05) is 18.2 Å². The van der Waals surface area contributed by atoms with E-state index in [2.05, 4.69) is 10.1 Å². The molecule has 0 unspecified atom stereocenters. The second-order valence-corrected chi connectivity index (χ2v) is 7.37. The highest BCUT2D eigenvalue weighted by Crippen LogP contribution is 2.31. The van der Waals surface area contributed by atoms with E-state index in [1.807, 2.05) is 32.0 Å². The molecule has 0 aliphatic carbocycles. The van der Waals surface area contributed by atoms with Crippen molar-refractivity contribution in [2.45, 2.75) is 20.3 Å². The standard InChI is InChI=1S/C23H24N2O6/c1-14-5-4-6-15(2)21(14)25-12-17(11-20(25)27)23(29)31-13-19(26)24-18-9-7-16(8-10-18)22(28)30-3/h4-10,17H,11-13H2,1-3H3,(H,24,26)/t17-/m0/s1. The van der Waals surface area contributed by atoms with Crippen molar-refractivity contribution >= 4 is 35.1 Å². The number of hydrogen-bond donors (Lipinski definition) is 1. The molecule has 1 N–H and O–H groups in total. The first kappa shape index (κ1) is 22.0. The number of rotatable bonds is 6. The van der Waals surface area contributed by atoms with E-state index in [-0.39, 0.29) is 18.9 Å². The lowest BCUT2D eigenvalue weighted by atomic mass is 10.1. The molecule has 0 radical (unpaired) electrons. The van der Waals surface area contributed by atoms with E-state index in [0.29, 0.717) is 11.3 Å². The second-order valence-electron chi connectivity index (χ2n) is 7.37. The topological polar surface area (TPSA) is 102 Å². The average molecular weight is 424 g/mol. The van der Waals surface area contributed by atoms with Crippen LogP contribution < -0.4 is 10.2 Å².